The average Bonchev–Trinajstić information content (AvgIpc) is 3.68. The van der Waals surface area contributed by atoms with Crippen LogP contribution < -0.4 is 0 Å². The van der Waals surface area contributed by atoms with Crippen molar-refractivity contribution < 1.29 is 0 Å². The maximum absolute atomic E-state index is 10.1. The quantitative estimate of drug-likeness (QED) is 0.195. The zero-order chi connectivity index (χ0) is 33.1. The van der Waals surface area contributed by atoms with E-state index in [-0.39, 0.29) is 0 Å². The number of fused-ring (bicyclic) bond motifs is 6. The number of para-hydroxylation sites is 3. The molecule has 0 saturated heterocycles. The van der Waals surface area contributed by atoms with Gasteiger partial charge in [0.05, 0.1) is 33.4 Å². The summed E-state index contributed by atoms with van der Waals surface area (Å²) < 4.78 is 4.62. The molecule has 1 unspecified atom stereocenters. The van der Waals surface area contributed by atoms with Crippen LogP contribution in [0.15, 0.2) is 140 Å². The number of aromatic nitrogens is 2. The molecular weight excluding hydrogens is 597 g/mol. The van der Waals surface area contributed by atoms with Crippen LogP contribution in [0.4, 0.5) is 0 Å². The van der Waals surface area contributed by atoms with Crippen molar-refractivity contribution in [2.45, 2.75) is 19.3 Å². The highest BCUT2D eigenvalue weighted by molar-refractivity contribution is 6.09. The molecule has 0 bridgehead atoms. The van der Waals surface area contributed by atoms with E-state index in [1.54, 1.807) is 0 Å². The molecule has 0 fully saturated rings. The van der Waals surface area contributed by atoms with Crippen LogP contribution in [0.5, 0.6) is 0 Å². The van der Waals surface area contributed by atoms with Gasteiger partial charge in [-0.15, -0.1) is 0 Å². The molecule has 9 rings (SSSR count). The minimum atomic E-state index is 0.359. The van der Waals surface area contributed by atoms with Crippen molar-refractivity contribution in [1.29, 1.82) is 10.5 Å². The van der Waals surface area contributed by atoms with Gasteiger partial charge in [-0.2, -0.15) is 10.5 Å². The van der Waals surface area contributed by atoms with Gasteiger partial charge in [0.15, 0.2) is 0 Å². The van der Waals surface area contributed by atoms with Gasteiger partial charge in [-0.1, -0.05) is 97.9 Å². The van der Waals surface area contributed by atoms with Crippen molar-refractivity contribution >= 4 is 38.8 Å². The lowest BCUT2D eigenvalue weighted by molar-refractivity contribution is 0.773. The molecular formula is C45H30N4. The first-order chi connectivity index (χ1) is 24.1. The number of nitriles is 2. The Labute approximate surface area is 284 Å². The van der Waals surface area contributed by atoms with Crippen LogP contribution in [0, 0.1) is 22.7 Å². The Morgan fingerprint density at radius 3 is 1.84 bits per heavy atom. The van der Waals surface area contributed by atoms with E-state index in [9.17, 15) is 10.5 Å². The Morgan fingerprint density at radius 1 is 0.571 bits per heavy atom. The molecule has 2 aromatic heterocycles. The largest absolute Gasteiger partial charge is 0.310 e. The lowest BCUT2D eigenvalue weighted by Gasteiger charge is -2.18. The number of hydrogen-bond acceptors (Lipinski definition) is 2. The van der Waals surface area contributed by atoms with Gasteiger partial charge in [0.2, 0.25) is 0 Å². The van der Waals surface area contributed by atoms with E-state index in [2.05, 4.69) is 150 Å². The molecule has 0 radical (unpaired) electrons. The van der Waals surface area contributed by atoms with E-state index in [0.29, 0.717) is 17.0 Å². The monoisotopic (exact) mass is 626 g/mol. The van der Waals surface area contributed by atoms with Gasteiger partial charge in [-0.3, -0.25) is 0 Å². The number of rotatable bonds is 4. The fourth-order valence-corrected chi connectivity index (χ4v) is 7.81. The van der Waals surface area contributed by atoms with E-state index in [1.165, 1.54) is 22.2 Å². The van der Waals surface area contributed by atoms with Crippen LogP contribution in [-0.4, -0.2) is 9.13 Å². The summed E-state index contributed by atoms with van der Waals surface area (Å²) in [6.45, 7) is 2.31. The van der Waals surface area contributed by atoms with Crippen LogP contribution >= 0.6 is 0 Å². The van der Waals surface area contributed by atoms with Gasteiger partial charge < -0.3 is 9.13 Å². The molecule has 2 heterocycles. The summed E-state index contributed by atoms with van der Waals surface area (Å²) in [5.41, 5.74) is 12.7. The van der Waals surface area contributed by atoms with Gasteiger partial charge in [0.25, 0.3) is 0 Å². The summed E-state index contributed by atoms with van der Waals surface area (Å²) >= 11 is 0. The van der Waals surface area contributed by atoms with Crippen molar-refractivity contribution in [1.82, 2.24) is 9.13 Å². The fraction of sp³-hybridized carbons (Fsp3) is 0.0667. The molecule has 1 aliphatic rings. The molecule has 49 heavy (non-hydrogen) atoms. The molecule has 4 nitrogen and oxygen atoms in total. The van der Waals surface area contributed by atoms with E-state index in [4.69, 9.17) is 0 Å². The summed E-state index contributed by atoms with van der Waals surface area (Å²) in [5, 5.41) is 23.8. The second kappa shape index (κ2) is 11.3. The van der Waals surface area contributed by atoms with Gasteiger partial charge >= 0.3 is 0 Å². The highest BCUT2D eigenvalue weighted by atomic mass is 15.0. The average molecular weight is 627 g/mol. The number of nitrogens with zero attached hydrogens (tertiary/aromatic N) is 4. The van der Waals surface area contributed by atoms with Crippen LogP contribution in [0.1, 0.15) is 41.6 Å². The van der Waals surface area contributed by atoms with E-state index in [0.717, 1.165) is 61.9 Å². The summed E-state index contributed by atoms with van der Waals surface area (Å²) in [4.78, 5) is 0. The van der Waals surface area contributed by atoms with Gasteiger partial charge in [0.1, 0.15) is 12.1 Å². The van der Waals surface area contributed by atoms with Crippen LogP contribution in [0.2, 0.25) is 0 Å². The minimum Gasteiger partial charge on any atom is -0.310 e. The molecule has 1 aliphatic carbocycles. The molecule has 230 valence electrons. The van der Waals surface area contributed by atoms with E-state index in [1.807, 2.05) is 24.3 Å². The van der Waals surface area contributed by atoms with E-state index >= 15 is 0 Å². The van der Waals surface area contributed by atoms with Gasteiger partial charge in [-0.25, -0.2) is 0 Å². The minimum absolute atomic E-state index is 0.359. The Bertz CT molecular complexity index is 2690. The van der Waals surface area contributed by atoms with Crippen molar-refractivity contribution in [3.8, 4) is 45.8 Å². The third-order valence-electron chi connectivity index (χ3n) is 10.0. The fourth-order valence-electron chi connectivity index (χ4n) is 7.81. The Kier molecular flexibility index (Phi) is 6.57. The predicted octanol–water partition coefficient (Wildman–Crippen LogP) is 11.3. The molecule has 6 aromatic carbocycles. The van der Waals surface area contributed by atoms with E-state index < -0.39 is 0 Å². The third kappa shape index (κ3) is 4.43. The summed E-state index contributed by atoms with van der Waals surface area (Å²) in [7, 11) is 0. The first-order valence-corrected chi connectivity index (χ1v) is 16.6. The Morgan fingerprint density at radius 2 is 1.14 bits per heavy atom. The molecule has 1 atom stereocenters. The maximum Gasteiger partial charge on any atom is 0.101 e. The lowest BCUT2D eigenvalue weighted by Crippen LogP contribution is -2.03. The standard InChI is InChI=1S/C45H30N4/c1-29-11-8-22-43-45(29)38-18-4-7-21-42(38)48(43)35-15-10-13-31(24-35)30-12-9-14-32(23-30)39-25-33(27-46)34(28-47)26-44(39)49-40-19-5-2-16-36(40)37-17-3-6-20-41(37)49/h2-10,12-26,29H,11H2,1H3. The van der Waals surface area contributed by atoms with Crippen molar-refractivity contribution in [2.75, 3.05) is 0 Å². The highest BCUT2D eigenvalue weighted by Crippen LogP contribution is 2.41. The normalized spacial score (nSPS) is 13.8. The maximum atomic E-state index is 10.1. The van der Waals surface area contributed by atoms with Crippen molar-refractivity contribution in [3.05, 3.63) is 162 Å². The summed E-state index contributed by atoms with van der Waals surface area (Å²) in [6.07, 6.45) is 5.61. The van der Waals surface area contributed by atoms with Gasteiger partial charge in [0, 0.05) is 33.1 Å². The number of hydrogen-bond donors (Lipinski definition) is 0. The number of benzene rings is 6. The van der Waals surface area contributed by atoms with Crippen molar-refractivity contribution in [2.24, 2.45) is 0 Å². The summed E-state index contributed by atoms with van der Waals surface area (Å²) in [5.74, 6) is 0.459. The third-order valence-corrected chi connectivity index (χ3v) is 10.0. The second-order valence-electron chi connectivity index (χ2n) is 12.8. The first-order valence-electron chi connectivity index (χ1n) is 16.6. The molecule has 8 aromatic rings. The molecule has 0 aliphatic heterocycles. The van der Waals surface area contributed by atoms with Crippen LogP contribution in [0.25, 0.3) is 72.4 Å². The molecule has 0 spiro atoms. The molecule has 0 amide bonds. The second-order valence-corrected chi connectivity index (χ2v) is 12.8. The van der Waals surface area contributed by atoms with Gasteiger partial charge in [-0.05, 0) is 89.2 Å². The Hall–Kier alpha value is -6.62. The van der Waals surface area contributed by atoms with Crippen molar-refractivity contribution in [3.63, 3.8) is 0 Å². The topological polar surface area (TPSA) is 57.4 Å². The SMILES string of the molecule is CC1CC=Cc2c1c1ccccc1n2-c1cccc(-c2cccc(-c3cc(C#N)c(C#N)cc3-n3c4ccccc4c4ccccc43)c2)c1. The Balaban J connectivity index is 1.24. The lowest BCUT2D eigenvalue weighted by atomic mass is 9.91. The predicted molar refractivity (Wildman–Crippen MR) is 200 cm³/mol. The molecule has 4 heteroatoms. The summed E-state index contributed by atoms with van der Waals surface area (Å²) in [6, 6.07) is 51.0. The zero-order valence-electron chi connectivity index (χ0n) is 26.9. The highest BCUT2D eigenvalue weighted by Gasteiger charge is 2.23. The molecule has 0 N–H and O–H groups in total. The smallest absolute Gasteiger partial charge is 0.101 e. The number of allylic oxidation sites excluding steroid dienone is 1. The molecule has 0 saturated carbocycles. The first kappa shape index (κ1) is 28.6. The van der Waals surface area contributed by atoms with Crippen LogP contribution in [-0.2, 0) is 0 Å². The zero-order valence-corrected chi connectivity index (χ0v) is 26.9. The van der Waals surface area contributed by atoms with Crippen LogP contribution in [0.3, 0.4) is 0 Å².